The molecule has 2 atom stereocenters. The van der Waals surface area contributed by atoms with Crippen LogP contribution in [0.4, 0.5) is 0 Å². The third-order valence-electron chi connectivity index (χ3n) is 4.14. The number of aliphatic carboxylic acids is 1. The largest absolute Gasteiger partial charge is 0.480 e. The fourth-order valence-corrected chi connectivity index (χ4v) is 2.42. The summed E-state index contributed by atoms with van der Waals surface area (Å²) < 4.78 is 0. The average Bonchev–Trinajstić information content (AvgIpc) is 2.50. The zero-order valence-corrected chi connectivity index (χ0v) is 13.6. The van der Waals surface area contributed by atoms with Crippen LogP contribution in [0.25, 0.3) is 0 Å². The van der Waals surface area contributed by atoms with E-state index < -0.39 is 11.5 Å². The Hall–Kier alpha value is -1.39. The Kier molecular flexibility index (Phi) is 6.85. The molecule has 0 aliphatic heterocycles. The Morgan fingerprint density at radius 3 is 2.43 bits per heavy atom. The molecule has 0 spiro atoms. The van der Waals surface area contributed by atoms with Gasteiger partial charge in [-0.3, -0.25) is 5.32 Å². The molecule has 2 N–H and O–H groups in total. The molecule has 4 nitrogen and oxygen atoms in total. The highest BCUT2D eigenvalue weighted by atomic mass is 16.4. The first-order valence-electron chi connectivity index (χ1n) is 7.72. The summed E-state index contributed by atoms with van der Waals surface area (Å²) in [6, 6.07) is 9.82. The van der Waals surface area contributed by atoms with E-state index >= 15 is 0 Å². The molecule has 0 saturated carbocycles. The molecule has 1 aromatic carbocycles. The van der Waals surface area contributed by atoms with E-state index in [-0.39, 0.29) is 0 Å². The van der Waals surface area contributed by atoms with Gasteiger partial charge >= 0.3 is 5.97 Å². The first-order chi connectivity index (χ1) is 9.97. The standard InChI is InChI=1S/C17H28N2O2/c1-5-12-18-17(16(20)21,13-19(4)14(3)6-2)15-10-8-7-9-11-15/h7-11,14,18H,5-6,12-13H2,1-4H3,(H,20,21). The van der Waals surface area contributed by atoms with Crippen LogP contribution < -0.4 is 5.32 Å². The lowest BCUT2D eigenvalue weighted by atomic mass is 9.88. The van der Waals surface area contributed by atoms with Gasteiger partial charge in [0, 0.05) is 12.6 Å². The molecule has 2 unspecified atom stereocenters. The molecule has 0 saturated heterocycles. The van der Waals surface area contributed by atoms with Crippen molar-refractivity contribution >= 4 is 5.97 Å². The quantitative estimate of drug-likeness (QED) is 0.735. The highest BCUT2D eigenvalue weighted by molar-refractivity contribution is 5.81. The van der Waals surface area contributed by atoms with E-state index in [2.05, 4.69) is 24.1 Å². The molecule has 0 aliphatic rings. The Morgan fingerprint density at radius 2 is 1.95 bits per heavy atom. The van der Waals surface area contributed by atoms with E-state index in [1.54, 1.807) is 0 Å². The third-order valence-corrected chi connectivity index (χ3v) is 4.14. The van der Waals surface area contributed by atoms with Gasteiger partial charge in [-0.1, -0.05) is 44.2 Å². The Balaban J connectivity index is 3.16. The smallest absolute Gasteiger partial charge is 0.329 e. The molecule has 0 amide bonds. The van der Waals surface area contributed by atoms with Gasteiger partial charge in [0.1, 0.15) is 0 Å². The number of carboxylic acid groups (broad SMARTS) is 1. The van der Waals surface area contributed by atoms with Crippen molar-refractivity contribution < 1.29 is 9.90 Å². The van der Waals surface area contributed by atoms with E-state index in [0.717, 1.165) is 18.4 Å². The highest BCUT2D eigenvalue weighted by Gasteiger charge is 2.41. The summed E-state index contributed by atoms with van der Waals surface area (Å²) in [5, 5.41) is 13.2. The van der Waals surface area contributed by atoms with Crippen molar-refractivity contribution in [1.29, 1.82) is 0 Å². The molecule has 0 aliphatic carbocycles. The van der Waals surface area contributed by atoms with E-state index in [4.69, 9.17) is 0 Å². The monoisotopic (exact) mass is 292 g/mol. The van der Waals surface area contributed by atoms with Crippen LogP contribution in [-0.4, -0.2) is 42.2 Å². The second-order valence-corrected chi connectivity index (χ2v) is 5.68. The number of benzene rings is 1. The lowest BCUT2D eigenvalue weighted by Crippen LogP contribution is -2.57. The maximum atomic E-state index is 12.1. The molecule has 21 heavy (non-hydrogen) atoms. The molecule has 1 aromatic rings. The van der Waals surface area contributed by atoms with Gasteiger partial charge in [-0.25, -0.2) is 4.79 Å². The second-order valence-electron chi connectivity index (χ2n) is 5.68. The van der Waals surface area contributed by atoms with Gasteiger partial charge in [-0.2, -0.15) is 0 Å². The fraction of sp³-hybridized carbons (Fsp3) is 0.588. The van der Waals surface area contributed by atoms with E-state index in [1.165, 1.54) is 0 Å². The number of nitrogens with one attached hydrogen (secondary N) is 1. The Bertz CT molecular complexity index is 436. The molecular formula is C17H28N2O2. The van der Waals surface area contributed by atoms with Crippen LogP contribution in [0.2, 0.25) is 0 Å². The first-order valence-corrected chi connectivity index (χ1v) is 7.72. The molecule has 0 bridgehead atoms. The second kappa shape index (κ2) is 8.15. The summed E-state index contributed by atoms with van der Waals surface area (Å²) in [5.41, 5.74) is -0.253. The molecule has 1 rings (SSSR count). The van der Waals surface area contributed by atoms with Crippen LogP contribution >= 0.6 is 0 Å². The lowest BCUT2D eigenvalue weighted by molar-refractivity contribution is -0.146. The summed E-state index contributed by atoms with van der Waals surface area (Å²) in [4.78, 5) is 14.2. The third kappa shape index (κ3) is 4.29. The zero-order valence-electron chi connectivity index (χ0n) is 13.6. The molecule has 0 aromatic heterocycles. The minimum Gasteiger partial charge on any atom is -0.480 e. The normalized spacial score (nSPS) is 15.7. The predicted molar refractivity (Wildman–Crippen MR) is 86.4 cm³/mol. The van der Waals surface area contributed by atoms with Crippen LogP contribution in [0.5, 0.6) is 0 Å². The van der Waals surface area contributed by atoms with Crippen molar-refractivity contribution in [2.45, 2.75) is 45.2 Å². The fourth-order valence-electron chi connectivity index (χ4n) is 2.42. The maximum Gasteiger partial charge on any atom is 0.329 e. The van der Waals surface area contributed by atoms with Crippen molar-refractivity contribution in [3.63, 3.8) is 0 Å². The average molecular weight is 292 g/mol. The molecule has 118 valence electrons. The zero-order chi connectivity index (χ0) is 15.9. The van der Waals surface area contributed by atoms with Crippen molar-refractivity contribution in [3.05, 3.63) is 35.9 Å². The summed E-state index contributed by atoms with van der Waals surface area (Å²) in [6.45, 7) is 7.41. The molecule has 4 heteroatoms. The van der Waals surface area contributed by atoms with Crippen molar-refractivity contribution in [2.75, 3.05) is 20.1 Å². The predicted octanol–water partition coefficient (Wildman–Crippen LogP) is 2.70. The number of rotatable bonds is 9. The molecule has 0 radical (unpaired) electrons. The molecule has 0 fully saturated rings. The SMILES string of the molecule is CCCNC(CN(C)C(C)CC)(C(=O)O)c1ccccc1. The number of carboxylic acids is 1. The van der Waals surface area contributed by atoms with Gasteiger partial charge in [0.2, 0.25) is 0 Å². The highest BCUT2D eigenvalue weighted by Crippen LogP contribution is 2.24. The topological polar surface area (TPSA) is 52.6 Å². The number of hydrogen-bond donors (Lipinski definition) is 2. The summed E-state index contributed by atoms with van der Waals surface area (Å²) in [6.07, 6.45) is 1.89. The van der Waals surface area contributed by atoms with Crippen molar-refractivity contribution in [1.82, 2.24) is 10.2 Å². The number of nitrogens with zero attached hydrogens (tertiary/aromatic N) is 1. The Morgan fingerprint density at radius 1 is 1.33 bits per heavy atom. The van der Waals surface area contributed by atoms with Crippen LogP contribution in [0.3, 0.4) is 0 Å². The van der Waals surface area contributed by atoms with Crippen molar-refractivity contribution in [3.8, 4) is 0 Å². The first kappa shape index (κ1) is 17.7. The van der Waals surface area contributed by atoms with Gasteiger partial charge in [0.15, 0.2) is 5.54 Å². The van der Waals surface area contributed by atoms with Crippen LogP contribution in [-0.2, 0) is 10.3 Å². The van der Waals surface area contributed by atoms with Gasteiger partial charge in [-0.15, -0.1) is 0 Å². The van der Waals surface area contributed by atoms with Gasteiger partial charge in [0.05, 0.1) is 0 Å². The minimum absolute atomic E-state index is 0.343. The number of hydrogen-bond acceptors (Lipinski definition) is 3. The number of likely N-dealkylation sites (N-methyl/N-ethyl adjacent to an activating group) is 1. The van der Waals surface area contributed by atoms with Crippen molar-refractivity contribution in [2.24, 2.45) is 0 Å². The van der Waals surface area contributed by atoms with E-state index in [1.807, 2.05) is 44.3 Å². The molecule has 0 heterocycles. The lowest BCUT2D eigenvalue weighted by Gasteiger charge is -2.37. The summed E-state index contributed by atoms with van der Waals surface area (Å²) >= 11 is 0. The van der Waals surface area contributed by atoms with Gasteiger partial charge in [-0.05, 0) is 38.9 Å². The van der Waals surface area contributed by atoms with Crippen LogP contribution in [0, 0.1) is 0 Å². The summed E-state index contributed by atoms with van der Waals surface area (Å²) in [5.74, 6) is -0.822. The van der Waals surface area contributed by atoms with E-state index in [9.17, 15) is 9.90 Å². The van der Waals surface area contributed by atoms with Crippen LogP contribution in [0.1, 0.15) is 39.2 Å². The van der Waals surface area contributed by atoms with Gasteiger partial charge < -0.3 is 10.0 Å². The minimum atomic E-state index is -1.06. The summed E-state index contributed by atoms with van der Waals surface area (Å²) in [7, 11) is 1.99. The van der Waals surface area contributed by atoms with E-state index in [0.29, 0.717) is 19.1 Å². The maximum absolute atomic E-state index is 12.1. The molecular weight excluding hydrogens is 264 g/mol. The number of carbonyl (C=O) groups is 1. The van der Waals surface area contributed by atoms with Crippen LogP contribution in [0.15, 0.2) is 30.3 Å². The Labute approximate surface area is 128 Å². The van der Waals surface area contributed by atoms with Gasteiger partial charge in [0.25, 0.3) is 0 Å².